The van der Waals surface area contributed by atoms with Crippen LogP contribution in [0.4, 0.5) is 0 Å². The van der Waals surface area contributed by atoms with E-state index in [9.17, 15) is 62.3 Å². The maximum atomic E-state index is 14.1. The summed E-state index contributed by atoms with van der Waals surface area (Å²) in [6.45, 7) is -3.05. The van der Waals surface area contributed by atoms with Crippen LogP contribution in [-0.2, 0) is 68.7 Å². The van der Waals surface area contributed by atoms with Gasteiger partial charge in [0.05, 0.1) is 51.6 Å². The van der Waals surface area contributed by atoms with Crippen molar-refractivity contribution in [2.45, 2.75) is 94.0 Å². The van der Waals surface area contributed by atoms with E-state index in [0.29, 0.717) is 25.8 Å². The summed E-state index contributed by atoms with van der Waals surface area (Å²) >= 11 is 0. The molecule has 1 aromatic carbocycles. The average Bonchev–Trinajstić information content (AvgIpc) is 4.04. The monoisotopic (exact) mass is 1030 g/mol. The number of benzene rings is 1. The number of primary amides is 1. The van der Waals surface area contributed by atoms with Crippen LogP contribution in [0.2, 0.25) is 0 Å². The molecule has 1 aromatic rings. The quantitative estimate of drug-likeness (QED) is 0.0201. The van der Waals surface area contributed by atoms with E-state index < -0.39 is 159 Å². The lowest BCUT2D eigenvalue weighted by atomic mass is 10.0. The van der Waals surface area contributed by atoms with Crippen molar-refractivity contribution >= 4 is 82.9 Å². The molecule has 0 aromatic heterocycles. The molecule has 6 atom stereocenters. The first-order valence-electron chi connectivity index (χ1n) is 23.0. The summed E-state index contributed by atoms with van der Waals surface area (Å²) in [4.78, 5) is 169. The van der Waals surface area contributed by atoms with E-state index in [-0.39, 0.29) is 44.7 Å². The second kappa shape index (κ2) is 29.7. The van der Waals surface area contributed by atoms with Crippen LogP contribution in [0.25, 0.3) is 0 Å². The number of rotatable bonds is 29. The Bertz CT molecular complexity index is 2240. The summed E-state index contributed by atoms with van der Waals surface area (Å²) in [5, 5.41) is 35.6. The van der Waals surface area contributed by atoms with Gasteiger partial charge in [-0.3, -0.25) is 62.5 Å². The van der Waals surface area contributed by atoms with Crippen LogP contribution >= 0.6 is 0 Å². The smallest absolute Gasteiger partial charge is 0.326 e. The molecule has 0 aliphatic carbocycles. The lowest BCUT2D eigenvalue weighted by molar-refractivity contribution is -0.147. The number of likely N-dealkylation sites (tertiary alicyclic amines) is 2. The molecule has 2 aliphatic rings. The number of carbonyl (C=O) groups excluding carboxylic acids is 11. The largest absolute Gasteiger partial charge is 0.481 e. The summed E-state index contributed by atoms with van der Waals surface area (Å²) in [7, 11) is 0. The SMILES string of the molecule is NC(=O)C[C@H](NC(=O)CNC(=O)CNC(=O)CNC(=O)CNC(=O)[C@@H]1CCCN1C(=O)[C@H](CCCN=C(N)N)NC(=O)[C@@H]1CCCN1C(=O)[C@H](N)Cc1ccccc1)C(=O)NCC(=O)N[C@@H](CC(=O)O)C(=O)O. The molecule has 0 saturated carbocycles. The van der Waals surface area contributed by atoms with Crippen molar-refractivity contribution < 1.29 is 72.5 Å². The van der Waals surface area contributed by atoms with Gasteiger partial charge in [0.2, 0.25) is 65.0 Å². The molecule has 2 aliphatic heterocycles. The maximum Gasteiger partial charge on any atom is 0.326 e. The fourth-order valence-electron chi connectivity index (χ4n) is 7.58. The summed E-state index contributed by atoms with van der Waals surface area (Å²) in [6.07, 6.45) is 0.382. The van der Waals surface area contributed by atoms with Gasteiger partial charge in [0.1, 0.15) is 30.2 Å². The van der Waals surface area contributed by atoms with E-state index in [0.717, 1.165) is 5.56 Å². The van der Waals surface area contributed by atoms with Crippen molar-refractivity contribution in [3.63, 3.8) is 0 Å². The number of nitrogens with one attached hydrogen (secondary N) is 8. The molecule has 30 nitrogen and oxygen atoms in total. The zero-order valence-electron chi connectivity index (χ0n) is 39.7. The highest BCUT2D eigenvalue weighted by atomic mass is 16.4. The first-order valence-corrected chi connectivity index (χ1v) is 23.0. The van der Waals surface area contributed by atoms with Gasteiger partial charge in [0.25, 0.3) is 0 Å². The predicted molar refractivity (Wildman–Crippen MR) is 252 cm³/mol. The Kier molecular flexibility index (Phi) is 23.9. The lowest BCUT2D eigenvalue weighted by Gasteiger charge is -2.31. The molecule has 2 fully saturated rings. The van der Waals surface area contributed by atoms with Gasteiger partial charge in [-0.1, -0.05) is 30.3 Å². The highest BCUT2D eigenvalue weighted by Gasteiger charge is 2.41. The predicted octanol–water partition coefficient (Wildman–Crippen LogP) is -7.94. The Morgan fingerprint density at radius 1 is 0.603 bits per heavy atom. The van der Waals surface area contributed by atoms with E-state index in [1.165, 1.54) is 9.80 Å². The fourth-order valence-corrected chi connectivity index (χ4v) is 7.58. The number of aliphatic carboxylic acids is 2. The second-order valence-electron chi connectivity index (χ2n) is 16.8. The maximum absolute atomic E-state index is 14.1. The van der Waals surface area contributed by atoms with Crippen molar-refractivity contribution in [2.75, 3.05) is 52.4 Å². The number of hydrogen-bond donors (Lipinski definition) is 14. The lowest BCUT2D eigenvalue weighted by Crippen LogP contribution is -2.57. The fraction of sp³-hybridized carbons (Fsp3) is 0.535. The summed E-state index contributed by atoms with van der Waals surface area (Å²) < 4.78 is 0. The molecule has 0 unspecified atom stereocenters. The van der Waals surface area contributed by atoms with Gasteiger partial charge in [-0.05, 0) is 50.5 Å². The van der Waals surface area contributed by atoms with Crippen molar-refractivity contribution in [3.8, 4) is 0 Å². The van der Waals surface area contributed by atoms with E-state index in [1.54, 1.807) is 0 Å². The molecule has 18 N–H and O–H groups in total. The molecule has 30 heteroatoms. The van der Waals surface area contributed by atoms with Crippen LogP contribution in [0.15, 0.2) is 35.3 Å². The standard InChI is InChI=1S/C43H63N15O15/c44-24(15-23-7-2-1-3-8-23)40(70)57-13-6-11-29(57)39(69)56-25(9-4-12-48-43(46)47)41(71)58-14-5-10-28(58)38(68)53-20-33(62)50-18-31(60)49-19-32(61)51-21-34(63)54-26(16-30(45)59)37(67)52-22-35(64)55-27(42(72)73)17-36(65)66/h1-3,7-8,24-29H,4-6,9-22,44H2,(H2,45,59)(H,49,60)(H,50,62)(H,51,61)(H,52,67)(H,53,68)(H,54,63)(H,55,64)(H,56,69)(H,65,66)(H,72,73)(H4,46,47,48)/t24-,25+,26+,27+,28+,29+/m1/s1. The number of hydrogen-bond acceptors (Lipinski definition) is 15. The second-order valence-corrected chi connectivity index (χ2v) is 16.8. The van der Waals surface area contributed by atoms with Crippen LogP contribution in [0.3, 0.4) is 0 Å². The van der Waals surface area contributed by atoms with Crippen LogP contribution in [0.5, 0.6) is 0 Å². The number of carbonyl (C=O) groups is 13. The Labute approximate surface area is 417 Å². The Morgan fingerprint density at radius 2 is 1.11 bits per heavy atom. The van der Waals surface area contributed by atoms with Gasteiger partial charge >= 0.3 is 11.9 Å². The van der Waals surface area contributed by atoms with E-state index >= 15 is 0 Å². The van der Waals surface area contributed by atoms with Crippen molar-refractivity contribution in [1.82, 2.24) is 52.3 Å². The summed E-state index contributed by atoms with van der Waals surface area (Å²) in [6, 6.07) is 1.73. The van der Waals surface area contributed by atoms with Gasteiger partial charge < -0.3 is 85.5 Å². The van der Waals surface area contributed by atoms with Gasteiger partial charge in [-0.15, -0.1) is 0 Å². The highest BCUT2D eigenvalue weighted by molar-refractivity contribution is 5.98. The van der Waals surface area contributed by atoms with Gasteiger partial charge in [-0.2, -0.15) is 0 Å². The molecule has 11 amide bonds. The topological polar surface area (TPSA) is 482 Å². The number of nitrogens with two attached hydrogens (primary N) is 4. The molecule has 2 heterocycles. The van der Waals surface area contributed by atoms with Gasteiger partial charge in [-0.25, -0.2) is 4.79 Å². The molecule has 0 bridgehead atoms. The molecular weight excluding hydrogens is 967 g/mol. The van der Waals surface area contributed by atoms with Crippen LogP contribution < -0.4 is 65.5 Å². The number of nitrogens with zero attached hydrogens (tertiary/aromatic N) is 3. The third-order valence-electron chi connectivity index (χ3n) is 11.1. The number of carboxylic acids is 2. The third-order valence-corrected chi connectivity index (χ3v) is 11.1. The van der Waals surface area contributed by atoms with E-state index in [4.69, 9.17) is 33.1 Å². The summed E-state index contributed by atoms with van der Waals surface area (Å²) in [5.74, 6) is -12.5. The first-order chi connectivity index (χ1) is 34.6. The molecule has 3 rings (SSSR count). The van der Waals surface area contributed by atoms with E-state index in [1.807, 2.05) is 41.0 Å². The van der Waals surface area contributed by atoms with Gasteiger partial charge in [0.15, 0.2) is 5.96 Å². The first kappa shape index (κ1) is 58.9. The zero-order chi connectivity index (χ0) is 54.2. The number of amides is 11. The van der Waals surface area contributed by atoms with E-state index in [2.05, 4.69) is 36.9 Å². The molecular formula is C43H63N15O15. The number of aliphatic imine (C=N–C) groups is 1. The minimum Gasteiger partial charge on any atom is -0.481 e. The van der Waals surface area contributed by atoms with Crippen molar-refractivity contribution in [1.29, 1.82) is 0 Å². The Hall–Kier alpha value is -8.44. The molecule has 0 spiro atoms. The molecule has 73 heavy (non-hydrogen) atoms. The minimum atomic E-state index is -1.81. The van der Waals surface area contributed by atoms with Crippen LogP contribution in [0.1, 0.15) is 56.9 Å². The molecule has 0 radical (unpaired) electrons. The van der Waals surface area contributed by atoms with Crippen LogP contribution in [0, 0.1) is 0 Å². The van der Waals surface area contributed by atoms with Gasteiger partial charge in [0, 0.05) is 19.6 Å². The number of guanidine groups is 1. The molecule has 400 valence electrons. The Morgan fingerprint density at radius 3 is 1.64 bits per heavy atom. The number of carboxylic acid groups (broad SMARTS) is 2. The van der Waals surface area contributed by atoms with Crippen LogP contribution in [-0.4, -0.2) is 191 Å². The van der Waals surface area contributed by atoms with Crippen molar-refractivity contribution in [3.05, 3.63) is 35.9 Å². The minimum absolute atomic E-state index is 0.0763. The summed E-state index contributed by atoms with van der Waals surface area (Å²) in [5.41, 5.74) is 23.2. The third kappa shape index (κ3) is 20.8. The Balaban J connectivity index is 1.45. The van der Waals surface area contributed by atoms with Crippen molar-refractivity contribution in [2.24, 2.45) is 27.9 Å². The molecule has 2 saturated heterocycles. The average molecular weight is 1030 g/mol. The normalized spacial score (nSPS) is 16.5. The zero-order valence-corrected chi connectivity index (χ0v) is 39.7. The highest BCUT2D eigenvalue weighted by Crippen LogP contribution is 2.22.